The molecule has 3 rings (SSSR count). The quantitative estimate of drug-likeness (QED) is 0.856. The molecule has 0 bridgehead atoms. The molecule has 0 aromatic heterocycles. The van der Waals surface area contributed by atoms with Gasteiger partial charge in [0.05, 0.1) is 11.6 Å². The molecule has 142 valence electrons. The molecule has 0 radical (unpaired) electrons. The van der Waals surface area contributed by atoms with Crippen LogP contribution < -0.4 is 5.32 Å². The van der Waals surface area contributed by atoms with Crippen LogP contribution in [0, 0.1) is 13.8 Å². The van der Waals surface area contributed by atoms with E-state index in [0.29, 0.717) is 0 Å². The average Bonchev–Trinajstić information content (AvgIpc) is 2.82. The van der Waals surface area contributed by atoms with Crippen molar-refractivity contribution < 1.29 is 18.0 Å². The molecular formula is C20H22N2O4S. The van der Waals surface area contributed by atoms with Gasteiger partial charge in [-0.15, -0.1) is 0 Å². The smallest absolute Gasteiger partial charge is 0.269 e. The number of fused-ring (bicyclic) bond motifs is 1. The fraction of sp³-hybridized carbons (Fsp3) is 0.300. The average molecular weight is 386 g/mol. The van der Waals surface area contributed by atoms with Gasteiger partial charge in [0.15, 0.2) is 0 Å². The summed E-state index contributed by atoms with van der Waals surface area (Å²) in [5.74, 6) is -0.889. The summed E-state index contributed by atoms with van der Waals surface area (Å²) in [6.45, 7) is 5.72. The molecule has 0 unspecified atom stereocenters. The van der Waals surface area contributed by atoms with Gasteiger partial charge in [0, 0.05) is 13.0 Å². The minimum absolute atomic E-state index is 0.00101. The highest BCUT2D eigenvalue weighted by molar-refractivity contribution is 7.90. The van der Waals surface area contributed by atoms with Crippen molar-refractivity contribution in [3.63, 3.8) is 0 Å². The molecule has 1 aliphatic heterocycles. The number of carbonyl (C=O) groups excluding carboxylic acids is 2. The van der Waals surface area contributed by atoms with Crippen molar-refractivity contribution in [2.75, 3.05) is 6.54 Å². The molecule has 0 fully saturated rings. The van der Waals surface area contributed by atoms with E-state index in [-0.39, 0.29) is 35.4 Å². The van der Waals surface area contributed by atoms with Crippen LogP contribution in [0.2, 0.25) is 0 Å². The summed E-state index contributed by atoms with van der Waals surface area (Å²) in [6.07, 6.45) is -0.0891. The molecule has 0 aliphatic carbocycles. The number of aryl methyl sites for hydroxylation is 2. The largest absolute Gasteiger partial charge is 0.350 e. The number of benzene rings is 2. The maximum atomic E-state index is 12.5. The number of amides is 2. The monoisotopic (exact) mass is 386 g/mol. The second-order valence-corrected chi connectivity index (χ2v) is 8.59. The molecular weight excluding hydrogens is 364 g/mol. The van der Waals surface area contributed by atoms with Crippen LogP contribution in [-0.4, -0.2) is 31.1 Å². The number of carbonyl (C=O) groups is 2. The van der Waals surface area contributed by atoms with Crippen LogP contribution in [0.25, 0.3) is 0 Å². The fourth-order valence-corrected chi connectivity index (χ4v) is 4.66. The predicted molar refractivity (Wildman–Crippen MR) is 102 cm³/mol. The van der Waals surface area contributed by atoms with Crippen LogP contribution in [0.5, 0.6) is 0 Å². The SMILES string of the molecule is Cc1ccc([C@H](C)NC(=O)CCN2C(=O)c3ccccc3S2(=O)=O)cc1C. The molecule has 0 saturated carbocycles. The third-order valence-corrected chi connectivity index (χ3v) is 6.70. The van der Waals surface area contributed by atoms with Crippen molar-refractivity contribution in [1.29, 1.82) is 0 Å². The van der Waals surface area contributed by atoms with E-state index in [1.165, 1.54) is 17.7 Å². The molecule has 2 aromatic carbocycles. The van der Waals surface area contributed by atoms with Crippen LogP contribution in [0.4, 0.5) is 0 Å². The summed E-state index contributed by atoms with van der Waals surface area (Å²) in [5.41, 5.74) is 3.44. The van der Waals surface area contributed by atoms with Gasteiger partial charge >= 0.3 is 0 Å². The van der Waals surface area contributed by atoms with E-state index < -0.39 is 15.9 Å². The summed E-state index contributed by atoms with van der Waals surface area (Å²) < 4.78 is 25.8. The van der Waals surface area contributed by atoms with Gasteiger partial charge in [0.2, 0.25) is 5.91 Å². The highest BCUT2D eigenvalue weighted by Gasteiger charge is 2.40. The molecule has 7 heteroatoms. The number of nitrogens with zero attached hydrogens (tertiary/aromatic N) is 1. The first-order valence-electron chi connectivity index (χ1n) is 8.74. The van der Waals surface area contributed by atoms with Gasteiger partial charge in [-0.25, -0.2) is 12.7 Å². The molecule has 0 saturated heterocycles. The van der Waals surface area contributed by atoms with Crippen molar-refractivity contribution in [2.45, 2.75) is 38.1 Å². The van der Waals surface area contributed by atoms with Gasteiger partial charge < -0.3 is 5.32 Å². The van der Waals surface area contributed by atoms with Gasteiger partial charge in [0.25, 0.3) is 15.9 Å². The van der Waals surface area contributed by atoms with Crippen molar-refractivity contribution in [1.82, 2.24) is 9.62 Å². The number of hydrogen-bond donors (Lipinski definition) is 1. The molecule has 1 aliphatic rings. The van der Waals surface area contributed by atoms with Crippen LogP contribution in [0.3, 0.4) is 0 Å². The maximum absolute atomic E-state index is 12.5. The van der Waals surface area contributed by atoms with E-state index in [0.717, 1.165) is 15.4 Å². The van der Waals surface area contributed by atoms with Gasteiger partial charge in [-0.3, -0.25) is 9.59 Å². The van der Waals surface area contributed by atoms with Gasteiger partial charge in [0.1, 0.15) is 4.90 Å². The number of rotatable bonds is 5. The van der Waals surface area contributed by atoms with Crippen LogP contribution in [-0.2, 0) is 14.8 Å². The lowest BCUT2D eigenvalue weighted by Gasteiger charge is -2.18. The highest BCUT2D eigenvalue weighted by Crippen LogP contribution is 2.29. The van der Waals surface area contributed by atoms with Crippen LogP contribution in [0.15, 0.2) is 47.4 Å². The van der Waals surface area contributed by atoms with Crippen LogP contribution in [0.1, 0.15) is 46.4 Å². The van der Waals surface area contributed by atoms with Crippen molar-refractivity contribution >= 4 is 21.8 Å². The summed E-state index contributed by atoms with van der Waals surface area (Å²) >= 11 is 0. The number of hydrogen-bond acceptors (Lipinski definition) is 4. The normalized spacial score (nSPS) is 16.1. The molecule has 1 heterocycles. The molecule has 1 N–H and O–H groups in total. The predicted octanol–water partition coefficient (Wildman–Crippen LogP) is 2.72. The third-order valence-electron chi connectivity index (χ3n) is 4.86. The summed E-state index contributed by atoms with van der Waals surface area (Å²) in [6, 6.07) is 11.9. The zero-order chi connectivity index (χ0) is 19.8. The van der Waals surface area contributed by atoms with Crippen molar-refractivity contribution in [3.05, 3.63) is 64.7 Å². The van der Waals surface area contributed by atoms with E-state index in [4.69, 9.17) is 0 Å². The summed E-state index contributed by atoms with van der Waals surface area (Å²) in [4.78, 5) is 24.6. The van der Waals surface area contributed by atoms with Gasteiger partial charge in [-0.05, 0) is 49.6 Å². The Labute approximate surface area is 159 Å². The molecule has 27 heavy (non-hydrogen) atoms. The van der Waals surface area contributed by atoms with E-state index in [1.807, 2.05) is 39.0 Å². The summed E-state index contributed by atoms with van der Waals surface area (Å²) in [7, 11) is -3.88. The summed E-state index contributed by atoms with van der Waals surface area (Å²) in [5, 5.41) is 2.86. The third kappa shape index (κ3) is 3.60. The Morgan fingerprint density at radius 1 is 1.11 bits per heavy atom. The molecule has 1 atom stereocenters. The maximum Gasteiger partial charge on any atom is 0.269 e. The van der Waals surface area contributed by atoms with Gasteiger partial charge in [-0.1, -0.05) is 30.3 Å². The van der Waals surface area contributed by atoms with E-state index in [1.54, 1.807) is 12.1 Å². The Kier molecular flexibility index (Phi) is 5.06. The lowest BCUT2D eigenvalue weighted by Crippen LogP contribution is -2.35. The van der Waals surface area contributed by atoms with Crippen molar-refractivity contribution in [2.24, 2.45) is 0 Å². The second-order valence-electron chi connectivity index (χ2n) is 6.76. The van der Waals surface area contributed by atoms with Crippen LogP contribution >= 0.6 is 0 Å². The Morgan fingerprint density at radius 2 is 1.81 bits per heavy atom. The minimum atomic E-state index is -3.88. The van der Waals surface area contributed by atoms with E-state index in [2.05, 4.69) is 5.32 Å². The number of sulfonamides is 1. The van der Waals surface area contributed by atoms with E-state index in [9.17, 15) is 18.0 Å². The molecule has 2 amide bonds. The topological polar surface area (TPSA) is 83.6 Å². The fourth-order valence-electron chi connectivity index (χ4n) is 3.09. The zero-order valence-electron chi connectivity index (χ0n) is 15.5. The molecule has 2 aromatic rings. The Morgan fingerprint density at radius 3 is 2.48 bits per heavy atom. The first-order chi connectivity index (χ1) is 12.7. The second kappa shape index (κ2) is 7.15. The van der Waals surface area contributed by atoms with E-state index >= 15 is 0 Å². The number of nitrogens with one attached hydrogen (secondary N) is 1. The minimum Gasteiger partial charge on any atom is -0.350 e. The molecule has 6 nitrogen and oxygen atoms in total. The first-order valence-corrected chi connectivity index (χ1v) is 10.2. The zero-order valence-corrected chi connectivity index (χ0v) is 16.3. The lowest BCUT2D eigenvalue weighted by atomic mass is 10.0. The van der Waals surface area contributed by atoms with Gasteiger partial charge in [-0.2, -0.15) is 0 Å². The Balaban J connectivity index is 1.64. The Hall–Kier alpha value is -2.67. The first kappa shape index (κ1) is 19.1. The standard InChI is InChI=1S/C20H22N2O4S/c1-13-8-9-16(12-14(13)2)15(3)21-19(23)10-11-22-20(24)17-6-4-5-7-18(17)27(22,25)26/h4-9,12,15H,10-11H2,1-3H3,(H,21,23)/t15-/m0/s1. The molecule has 0 spiro atoms. The van der Waals surface area contributed by atoms with Crippen molar-refractivity contribution in [3.8, 4) is 0 Å². The lowest BCUT2D eigenvalue weighted by molar-refractivity contribution is -0.121. The highest BCUT2D eigenvalue weighted by atomic mass is 32.2. The Bertz CT molecular complexity index is 1010.